The number of nitrogens with one attached hydrogen (secondary N) is 1. The first-order valence-corrected chi connectivity index (χ1v) is 9.19. The normalized spacial score (nSPS) is 11.6. The van der Waals surface area contributed by atoms with E-state index in [9.17, 15) is 9.59 Å². The Labute approximate surface area is 157 Å². The number of nitrogens with zero attached hydrogens (tertiary/aromatic N) is 1. The van der Waals surface area contributed by atoms with Crippen molar-refractivity contribution in [2.24, 2.45) is 0 Å². The van der Waals surface area contributed by atoms with Crippen LogP contribution in [-0.2, 0) is 16.1 Å². The minimum Gasteiger partial charge on any atom is -0.349 e. The highest BCUT2D eigenvalue weighted by Crippen LogP contribution is 2.21. The zero-order chi connectivity index (χ0) is 18.2. The van der Waals surface area contributed by atoms with E-state index >= 15 is 0 Å². The molecule has 2 amide bonds. The number of amides is 2. The van der Waals surface area contributed by atoms with Gasteiger partial charge < -0.3 is 10.2 Å². The lowest BCUT2D eigenvalue weighted by Gasteiger charge is -2.24. The highest BCUT2D eigenvalue weighted by atomic mass is 35.5. The standard InChI is InChI=1S/C19H21ClN2O2S/c1-3-10-22(13-17-5-4-11-25-17)19(24)12-18(21-14(2)23)15-6-8-16(20)9-7-15/h3-9,11,18H,1,10,12-13H2,2H3,(H,21,23). The Morgan fingerprint density at radius 1 is 1.32 bits per heavy atom. The van der Waals surface area contributed by atoms with Gasteiger partial charge in [0.25, 0.3) is 0 Å². The van der Waals surface area contributed by atoms with Crippen LogP contribution in [0.2, 0.25) is 5.02 Å². The Morgan fingerprint density at radius 2 is 2.04 bits per heavy atom. The van der Waals surface area contributed by atoms with Crippen molar-refractivity contribution in [3.63, 3.8) is 0 Å². The van der Waals surface area contributed by atoms with E-state index in [-0.39, 0.29) is 18.2 Å². The van der Waals surface area contributed by atoms with E-state index in [1.54, 1.807) is 34.4 Å². The Hall–Kier alpha value is -2.11. The molecule has 0 fully saturated rings. The Balaban J connectivity index is 2.13. The number of hydrogen-bond donors (Lipinski definition) is 1. The number of thiophene rings is 1. The zero-order valence-electron chi connectivity index (χ0n) is 14.1. The second kappa shape index (κ2) is 9.39. The van der Waals surface area contributed by atoms with Crippen LogP contribution in [0.1, 0.15) is 29.8 Å². The second-order valence-corrected chi connectivity index (χ2v) is 7.12. The van der Waals surface area contributed by atoms with Crippen molar-refractivity contribution in [2.75, 3.05) is 6.54 Å². The molecule has 1 aromatic carbocycles. The first-order valence-electron chi connectivity index (χ1n) is 7.93. The van der Waals surface area contributed by atoms with Crippen LogP contribution in [0.3, 0.4) is 0 Å². The molecule has 6 heteroatoms. The van der Waals surface area contributed by atoms with E-state index in [4.69, 9.17) is 11.6 Å². The molecule has 2 aromatic rings. The number of carbonyl (C=O) groups is 2. The SMILES string of the molecule is C=CCN(Cc1cccs1)C(=O)CC(NC(C)=O)c1ccc(Cl)cc1. The van der Waals surface area contributed by atoms with Crippen LogP contribution in [0.25, 0.3) is 0 Å². The van der Waals surface area contributed by atoms with Gasteiger partial charge in [-0.2, -0.15) is 0 Å². The third-order valence-electron chi connectivity index (χ3n) is 3.66. The average molecular weight is 377 g/mol. The van der Waals surface area contributed by atoms with Gasteiger partial charge in [0.05, 0.1) is 19.0 Å². The van der Waals surface area contributed by atoms with Crippen LogP contribution < -0.4 is 5.32 Å². The number of benzene rings is 1. The third kappa shape index (κ3) is 6.03. The fourth-order valence-corrected chi connectivity index (χ4v) is 3.34. The van der Waals surface area contributed by atoms with Crippen LogP contribution in [-0.4, -0.2) is 23.3 Å². The highest BCUT2D eigenvalue weighted by Gasteiger charge is 2.21. The van der Waals surface area contributed by atoms with E-state index in [0.29, 0.717) is 18.1 Å². The van der Waals surface area contributed by atoms with Crippen molar-refractivity contribution in [3.8, 4) is 0 Å². The maximum Gasteiger partial charge on any atom is 0.225 e. The summed E-state index contributed by atoms with van der Waals surface area (Å²) in [6, 6.07) is 10.7. The summed E-state index contributed by atoms with van der Waals surface area (Å²) in [7, 11) is 0. The van der Waals surface area contributed by atoms with Gasteiger partial charge in [-0.25, -0.2) is 0 Å². The molecule has 0 spiro atoms. The number of halogens is 1. The molecule has 132 valence electrons. The molecular weight excluding hydrogens is 356 g/mol. The largest absolute Gasteiger partial charge is 0.349 e. The van der Waals surface area contributed by atoms with Crippen molar-refractivity contribution in [2.45, 2.75) is 25.9 Å². The molecule has 2 rings (SSSR count). The maximum absolute atomic E-state index is 12.8. The predicted octanol–water partition coefficient (Wildman–Crippen LogP) is 4.18. The molecule has 0 aliphatic rings. The molecule has 1 atom stereocenters. The fraction of sp³-hybridized carbons (Fsp3) is 0.263. The predicted molar refractivity (Wildman–Crippen MR) is 103 cm³/mol. The summed E-state index contributed by atoms with van der Waals surface area (Å²) in [6.07, 6.45) is 1.89. The molecule has 0 bridgehead atoms. The topological polar surface area (TPSA) is 49.4 Å². The van der Waals surface area contributed by atoms with E-state index in [1.165, 1.54) is 6.92 Å². The molecule has 0 aliphatic carbocycles. The monoisotopic (exact) mass is 376 g/mol. The summed E-state index contributed by atoms with van der Waals surface area (Å²) in [5.41, 5.74) is 0.850. The van der Waals surface area contributed by atoms with Crippen molar-refractivity contribution >= 4 is 34.8 Å². The van der Waals surface area contributed by atoms with Crippen LogP contribution in [0, 0.1) is 0 Å². The highest BCUT2D eigenvalue weighted by molar-refractivity contribution is 7.09. The minimum atomic E-state index is -0.391. The van der Waals surface area contributed by atoms with Gasteiger partial charge in [-0.05, 0) is 29.1 Å². The molecule has 0 saturated carbocycles. The van der Waals surface area contributed by atoms with Crippen LogP contribution in [0.15, 0.2) is 54.4 Å². The first-order chi connectivity index (χ1) is 12.0. The number of carbonyl (C=O) groups excluding carboxylic acids is 2. The van der Waals surface area contributed by atoms with Gasteiger partial charge >= 0.3 is 0 Å². The van der Waals surface area contributed by atoms with Gasteiger partial charge in [-0.1, -0.05) is 35.9 Å². The summed E-state index contributed by atoms with van der Waals surface area (Å²) in [6.45, 7) is 6.18. The first kappa shape index (κ1) is 19.2. The Kier molecular flexibility index (Phi) is 7.22. The molecule has 0 radical (unpaired) electrons. The molecule has 4 nitrogen and oxygen atoms in total. The van der Waals surface area contributed by atoms with E-state index < -0.39 is 6.04 Å². The molecular formula is C19H21ClN2O2S. The van der Waals surface area contributed by atoms with Crippen molar-refractivity contribution in [1.82, 2.24) is 10.2 Å². The van der Waals surface area contributed by atoms with Gasteiger partial charge in [0.15, 0.2) is 0 Å². The molecule has 1 unspecified atom stereocenters. The van der Waals surface area contributed by atoms with Crippen molar-refractivity contribution in [3.05, 3.63) is 69.9 Å². The lowest BCUT2D eigenvalue weighted by Crippen LogP contribution is -2.35. The van der Waals surface area contributed by atoms with Crippen LogP contribution in [0.4, 0.5) is 0 Å². The molecule has 1 aromatic heterocycles. The van der Waals surface area contributed by atoms with Gasteiger partial charge in [-0.3, -0.25) is 9.59 Å². The lowest BCUT2D eigenvalue weighted by molar-refractivity contribution is -0.132. The fourth-order valence-electron chi connectivity index (χ4n) is 2.50. The lowest BCUT2D eigenvalue weighted by atomic mass is 10.0. The third-order valence-corrected chi connectivity index (χ3v) is 4.77. The van der Waals surface area contributed by atoms with Crippen LogP contribution in [0.5, 0.6) is 0 Å². The maximum atomic E-state index is 12.8. The van der Waals surface area contributed by atoms with Crippen LogP contribution >= 0.6 is 22.9 Å². The Bertz CT molecular complexity index is 714. The molecule has 25 heavy (non-hydrogen) atoms. The van der Waals surface area contributed by atoms with Gasteiger partial charge in [0.1, 0.15) is 0 Å². The van der Waals surface area contributed by atoms with Crippen molar-refractivity contribution < 1.29 is 9.59 Å². The average Bonchev–Trinajstić information content (AvgIpc) is 3.07. The summed E-state index contributed by atoms with van der Waals surface area (Å²) >= 11 is 7.54. The van der Waals surface area contributed by atoms with Crippen molar-refractivity contribution in [1.29, 1.82) is 0 Å². The van der Waals surface area contributed by atoms with Gasteiger partial charge in [0.2, 0.25) is 11.8 Å². The summed E-state index contributed by atoms with van der Waals surface area (Å²) in [5.74, 6) is -0.219. The number of hydrogen-bond acceptors (Lipinski definition) is 3. The summed E-state index contributed by atoms with van der Waals surface area (Å²) < 4.78 is 0. The van der Waals surface area contributed by atoms with Gasteiger partial charge in [-0.15, -0.1) is 17.9 Å². The number of rotatable bonds is 8. The Morgan fingerprint density at radius 3 is 2.60 bits per heavy atom. The van der Waals surface area contributed by atoms with E-state index in [1.807, 2.05) is 29.6 Å². The summed E-state index contributed by atoms with van der Waals surface area (Å²) in [5, 5.41) is 5.45. The smallest absolute Gasteiger partial charge is 0.225 e. The van der Waals surface area contributed by atoms with E-state index in [2.05, 4.69) is 11.9 Å². The zero-order valence-corrected chi connectivity index (χ0v) is 15.6. The van der Waals surface area contributed by atoms with E-state index in [0.717, 1.165) is 10.4 Å². The molecule has 0 aliphatic heterocycles. The summed E-state index contributed by atoms with van der Waals surface area (Å²) in [4.78, 5) is 27.2. The minimum absolute atomic E-state index is 0.0398. The quantitative estimate of drug-likeness (QED) is 0.702. The van der Waals surface area contributed by atoms with Gasteiger partial charge in [0, 0.05) is 23.4 Å². The molecule has 1 N–H and O–H groups in total. The second-order valence-electron chi connectivity index (χ2n) is 5.65. The molecule has 1 heterocycles. The molecule has 0 saturated heterocycles.